The molecule has 0 saturated heterocycles. The number of rotatable bonds is 1. The van der Waals surface area contributed by atoms with E-state index in [9.17, 15) is 0 Å². The molecule has 5 aromatic carbocycles. The lowest BCUT2D eigenvalue weighted by atomic mass is 9.42. The summed E-state index contributed by atoms with van der Waals surface area (Å²) in [7, 11) is 0. The maximum atomic E-state index is 2.87. The van der Waals surface area contributed by atoms with Crippen LogP contribution in [-0.4, -0.2) is 12.4 Å². The molecule has 0 radical (unpaired) electrons. The molecule has 2 unspecified atom stereocenters. The maximum absolute atomic E-state index is 2.87. The molecule has 238 valence electrons. The molecule has 0 aromatic heterocycles. The molecule has 0 amide bonds. The molecule has 5 aliphatic rings. The van der Waals surface area contributed by atoms with Crippen LogP contribution in [0.1, 0.15) is 96.4 Å². The molecule has 4 heterocycles. The average molecular weight is 625 g/mol. The van der Waals surface area contributed by atoms with E-state index >= 15 is 0 Å². The zero-order valence-electron chi connectivity index (χ0n) is 29.5. The minimum atomic E-state index is -0.110. The van der Waals surface area contributed by atoms with Crippen LogP contribution in [0.5, 0.6) is 0 Å². The van der Waals surface area contributed by atoms with E-state index in [0.29, 0.717) is 0 Å². The van der Waals surface area contributed by atoms with Crippen molar-refractivity contribution in [1.82, 2.24) is 0 Å². The van der Waals surface area contributed by atoms with Crippen LogP contribution >= 0.6 is 0 Å². The van der Waals surface area contributed by atoms with Crippen LogP contribution in [0.15, 0.2) is 97.1 Å². The van der Waals surface area contributed by atoms with Gasteiger partial charge in [-0.05, 0) is 93.2 Å². The van der Waals surface area contributed by atoms with Crippen LogP contribution in [0.2, 0.25) is 0 Å². The maximum Gasteiger partial charge on any atom is 0.333 e. The smallest absolute Gasteiger partial charge is 0.333 e. The van der Waals surface area contributed by atoms with Crippen molar-refractivity contribution in [3.8, 4) is 22.3 Å². The van der Waals surface area contributed by atoms with Gasteiger partial charge in [0.05, 0.1) is 5.54 Å². The average Bonchev–Trinajstić information content (AvgIpc) is 3.29. The third-order valence-corrected chi connectivity index (χ3v) is 13.5. The van der Waals surface area contributed by atoms with Gasteiger partial charge >= 0.3 is 6.85 Å². The number of nitrogens with zero attached hydrogens (tertiary/aromatic N) is 2. The Morgan fingerprint density at radius 3 is 2.15 bits per heavy atom. The van der Waals surface area contributed by atoms with E-state index in [0.717, 1.165) is 0 Å². The molecule has 2 nitrogen and oxygen atoms in total. The van der Waals surface area contributed by atoms with E-state index in [1.807, 2.05) is 0 Å². The standard InChI is InChI=1S/C45H45BN2/c1-42(2,3)30-26-35-41-36(27-30)46-39-32(31-18-15-20-34-40(31)48(46)37-21-12-11-19-33(37)43(34,4)5)24-29(28-16-9-8-10-17-28)25-38(39)47(41)45(7)23-14-13-22-44(35,45)6/h8-12,15-21,24-27H,13-14,22-23H2,1-7H3. The van der Waals surface area contributed by atoms with Gasteiger partial charge in [0.2, 0.25) is 0 Å². The largest absolute Gasteiger partial charge is 0.376 e. The molecule has 5 aromatic rings. The van der Waals surface area contributed by atoms with Crippen molar-refractivity contribution in [3.05, 3.63) is 119 Å². The van der Waals surface area contributed by atoms with Gasteiger partial charge in [0, 0.05) is 39.1 Å². The predicted molar refractivity (Wildman–Crippen MR) is 205 cm³/mol. The summed E-state index contributed by atoms with van der Waals surface area (Å²) >= 11 is 0. The molecule has 2 atom stereocenters. The number of anilines is 4. The third-order valence-electron chi connectivity index (χ3n) is 13.5. The Kier molecular flexibility index (Phi) is 5.42. The second kappa shape index (κ2) is 9.05. The third kappa shape index (κ3) is 3.31. The zero-order chi connectivity index (χ0) is 33.0. The highest BCUT2D eigenvalue weighted by Gasteiger charge is 2.62. The summed E-state index contributed by atoms with van der Waals surface area (Å²) < 4.78 is 0. The van der Waals surface area contributed by atoms with Crippen molar-refractivity contribution >= 4 is 40.5 Å². The number of fused-ring (bicyclic) bond motifs is 9. The van der Waals surface area contributed by atoms with Gasteiger partial charge in [0.25, 0.3) is 0 Å². The fourth-order valence-corrected chi connectivity index (χ4v) is 10.7. The number of hydrogen-bond acceptors (Lipinski definition) is 2. The summed E-state index contributed by atoms with van der Waals surface area (Å²) in [6.45, 7) is 17.3. The van der Waals surface area contributed by atoms with Gasteiger partial charge in [-0.3, -0.25) is 0 Å². The highest BCUT2D eigenvalue weighted by atomic mass is 15.3. The molecule has 1 saturated carbocycles. The molecule has 3 heteroatoms. The normalized spacial score (nSPS) is 23.6. The predicted octanol–water partition coefficient (Wildman–Crippen LogP) is 10.3. The highest BCUT2D eigenvalue weighted by Crippen LogP contribution is 2.63. The van der Waals surface area contributed by atoms with E-state index in [1.165, 1.54) is 98.3 Å². The first-order chi connectivity index (χ1) is 22.9. The SMILES string of the molecule is CC(C)(C)c1cc2c3c(c1)C1(C)CCCCC1(C)N3c1cc(-c3ccccc3)cc3c1B2N1c2ccccc2C(C)(C)c2cccc-3c21. The Morgan fingerprint density at radius 2 is 1.35 bits per heavy atom. The van der Waals surface area contributed by atoms with Gasteiger partial charge in [-0.15, -0.1) is 0 Å². The fourth-order valence-electron chi connectivity index (χ4n) is 10.7. The fraction of sp³-hybridized carbons (Fsp3) is 0.333. The van der Waals surface area contributed by atoms with Gasteiger partial charge in [0.15, 0.2) is 0 Å². The lowest BCUT2D eigenvalue weighted by Gasteiger charge is -2.54. The van der Waals surface area contributed by atoms with E-state index in [2.05, 4.69) is 155 Å². The molecule has 0 N–H and O–H groups in total. The summed E-state index contributed by atoms with van der Waals surface area (Å²) in [4.78, 5) is 5.64. The lowest BCUT2D eigenvalue weighted by Crippen LogP contribution is -2.65. The number of benzene rings is 5. The first-order valence-electron chi connectivity index (χ1n) is 18.2. The van der Waals surface area contributed by atoms with Crippen molar-refractivity contribution in [2.75, 3.05) is 9.71 Å². The van der Waals surface area contributed by atoms with Crippen molar-refractivity contribution in [1.29, 1.82) is 0 Å². The van der Waals surface area contributed by atoms with Crippen LogP contribution in [-0.2, 0) is 16.2 Å². The van der Waals surface area contributed by atoms with E-state index in [4.69, 9.17) is 0 Å². The van der Waals surface area contributed by atoms with Crippen LogP contribution in [0, 0.1) is 0 Å². The van der Waals surface area contributed by atoms with Gasteiger partial charge in [-0.1, -0.05) is 133 Å². The molecule has 1 aliphatic carbocycles. The van der Waals surface area contributed by atoms with Crippen LogP contribution in [0.3, 0.4) is 0 Å². The second-order valence-electron chi connectivity index (χ2n) is 17.3. The van der Waals surface area contributed by atoms with E-state index in [-0.39, 0.29) is 28.6 Å². The summed E-state index contributed by atoms with van der Waals surface area (Å²) in [5, 5.41) is 0. The Bertz CT molecular complexity index is 2210. The molecular weight excluding hydrogens is 579 g/mol. The zero-order valence-corrected chi connectivity index (χ0v) is 29.5. The minimum absolute atomic E-state index is 0.00316. The quantitative estimate of drug-likeness (QED) is 0.171. The Balaban J connectivity index is 1.40. The van der Waals surface area contributed by atoms with E-state index < -0.39 is 0 Å². The first-order valence-corrected chi connectivity index (χ1v) is 18.2. The summed E-state index contributed by atoms with van der Waals surface area (Å²) in [6, 6.07) is 37.8. The monoisotopic (exact) mass is 624 g/mol. The molecule has 48 heavy (non-hydrogen) atoms. The van der Waals surface area contributed by atoms with Crippen molar-refractivity contribution < 1.29 is 0 Å². The van der Waals surface area contributed by atoms with Gasteiger partial charge < -0.3 is 9.71 Å². The Morgan fingerprint density at radius 1 is 0.625 bits per heavy atom. The molecule has 0 spiro atoms. The summed E-state index contributed by atoms with van der Waals surface area (Å²) in [5.41, 5.74) is 19.9. The molecule has 0 bridgehead atoms. The van der Waals surface area contributed by atoms with Gasteiger partial charge in [0.1, 0.15) is 0 Å². The number of para-hydroxylation sites is 2. The first kappa shape index (κ1) is 28.7. The van der Waals surface area contributed by atoms with E-state index in [1.54, 1.807) is 5.56 Å². The van der Waals surface area contributed by atoms with Crippen LogP contribution in [0.4, 0.5) is 22.7 Å². The topological polar surface area (TPSA) is 6.48 Å². The second-order valence-corrected chi connectivity index (χ2v) is 17.3. The Hall–Kier alpha value is -4.24. The minimum Gasteiger partial charge on any atom is -0.376 e. The summed E-state index contributed by atoms with van der Waals surface area (Å²) in [6.07, 6.45) is 5.02. The van der Waals surface area contributed by atoms with Crippen molar-refractivity contribution in [2.24, 2.45) is 0 Å². The van der Waals surface area contributed by atoms with Crippen LogP contribution in [0.25, 0.3) is 22.3 Å². The van der Waals surface area contributed by atoms with Gasteiger partial charge in [-0.25, -0.2) is 0 Å². The molecular formula is C45H45BN2. The van der Waals surface area contributed by atoms with Crippen molar-refractivity contribution in [2.45, 2.75) is 95.9 Å². The lowest BCUT2D eigenvalue weighted by molar-refractivity contribution is 0.195. The molecule has 1 fully saturated rings. The number of hydrogen-bond donors (Lipinski definition) is 0. The Labute approximate surface area is 286 Å². The van der Waals surface area contributed by atoms with Gasteiger partial charge in [-0.2, -0.15) is 0 Å². The molecule has 10 rings (SSSR count). The molecule has 4 aliphatic heterocycles. The highest BCUT2D eigenvalue weighted by molar-refractivity contribution is 6.93. The summed E-state index contributed by atoms with van der Waals surface area (Å²) in [5.74, 6) is 0. The van der Waals surface area contributed by atoms with Crippen molar-refractivity contribution in [3.63, 3.8) is 0 Å². The van der Waals surface area contributed by atoms with Crippen LogP contribution < -0.4 is 20.6 Å².